The van der Waals surface area contributed by atoms with E-state index in [2.05, 4.69) is 9.97 Å². The first-order valence-corrected chi connectivity index (χ1v) is 4.91. The van der Waals surface area contributed by atoms with E-state index in [1.807, 2.05) is 0 Å². The number of carboxylic acid groups (broad SMARTS) is 1. The molecule has 0 saturated carbocycles. The largest absolute Gasteiger partial charge is 0.476 e. The van der Waals surface area contributed by atoms with Crippen LogP contribution in [-0.4, -0.2) is 21.0 Å². The number of benzene rings is 1. The van der Waals surface area contributed by atoms with Crippen LogP contribution in [0.3, 0.4) is 0 Å². The molecule has 86 valence electrons. The second-order valence-electron chi connectivity index (χ2n) is 3.49. The Morgan fingerprint density at radius 3 is 2.82 bits per heavy atom. The molecule has 17 heavy (non-hydrogen) atoms. The van der Waals surface area contributed by atoms with Crippen molar-refractivity contribution in [1.29, 1.82) is 0 Å². The van der Waals surface area contributed by atoms with Gasteiger partial charge in [-0.1, -0.05) is 12.1 Å². The van der Waals surface area contributed by atoms with Crippen LogP contribution in [0.5, 0.6) is 0 Å². The Morgan fingerprint density at radius 1 is 1.41 bits per heavy atom. The van der Waals surface area contributed by atoms with Crippen LogP contribution in [0.1, 0.15) is 16.3 Å². The first-order valence-electron chi connectivity index (χ1n) is 4.91. The molecule has 0 atom stereocenters. The third-order valence-electron chi connectivity index (χ3n) is 2.25. The minimum absolute atomic E-state index is 0.122. The Morgan fingerprint density at radius 2 is 2.18 bits per heavy atom. The summed E-state index contributed by atoms with van der Waals surface area (Å²) < 4.78 is 13.1. The first-order chi connectivity index (χ1) is 8.08. The van der Waals surface area contributed by atoms with Crippen LogP contribution in [-0.2, 0) is 0 Å². The summed E-state index contributed by atoms with van der Waals surface area (Å²) in [6.07, 6.45) is 1.39. The highest BCUT2D eigenvalue weighted by molar-refractivity contribution is 5.93. The Kier molecular flexibility index (Phi) is 2.82. The van der Waals surface area contributed by atoms with E-state index in [9.17, 15) is 9.18 Å². The van der Waals surface area contributed by atoms with Gasteiger partial charge in [0.25, 0.3) is 0 Å². The van der Waals surface area contributed by atoms with Gasteiger partial charge in [-0.3, -0.25) is 0 Å². The third-order valence-corrected chi connectivity index (χ3v) is 2.25. The number of carbonyl (C=O) groups is 1. The maximum atomic E-state index is 13.1. The molecule has 0 bridgehead atoms. The molecule has 0 aliphatic carbocycles. The van der Waals surface area contributed by atoms with Crippen molar-refractivity contribution in [1.82, 2.24) is 9.97 Å². The molecule has 0 aliphatic heterocycles. The molecule has 0 fully saturated rings. The lowest BCUT2D eigenvalue weighted by atomic mass is 10.1. The number of aryl methyl sites for hydroxylation is 1. The highest BCUT2D eigenvalue weighted by Gasteiger charge is 2.14. The van der Waals surface area contributed by atoms with E-state index in [-0.39, 0.29) is 5.69 Å². The van der Waals surface area contributed by atoms with E-state index in [1.165, 1.54) is 24.4 Å². The molecule has 5 heteroatoms. The van der Waals surface area contributed by atoms with Gasteiger partial charge in [-0.15, -0.1) is 0 Å². The molecular formula is C12H9FN2O2. The zero-order valence-corrected chi connectivity index (χ0v) is 9.01. The topological polar surface area (TPSA) is 63.1 Å². The van der Waals surface area contributed by atoms with Crippen molar-refractivity contribution in [3.63, 3.8) is 0 Å². The van der Waals surface area contributed by atoms with Gasteiger partial charge in [-0.05, 0) is 24.6 Å². The molecule has 0 aliphatic rings. The van der Waals surface area contributed by atoms with Crippen LogP contribution in [0.4, 0.5) is 4.39 Å². The van der Waals surface area contributed by atoms with Crippen LogP contribution in [0, 0.1) is 12.7 Å². The van der Waals surface area contributed by atoms with E-state index in [1.54, 1.807) is 13.0 Å². The summed E-state index contributed by atoms with van der Waals surface area (Å²) in [6, 6.07) is 5.67. The average molecular weight is 232 g/mol. The van der Waals surface area contributed by atoms with Gasteiger partial charge in [0.15, 0.2) is 5.69 Å². The molecule has 0 saturated heterocycles. The summed E-state index contributed by atoms with van der Waals surface area (Å²) in [5.74, 6) is -1.23. The minimum Gasteiger partial charge on any atom is -0.476 e. The zero-order chi connectivity index (χ0) is 12.4. The van der Waals surface area contributed by atoms with E-state index >= 15 is 0 Å². The van der Waals surface area contributed by atoms with Gasteiger partial charge in [0.1, 0.15) is 11.6 Å². The van der Waals surface area contributed by atoms with Crippen LogP contribution in [0.2, 0.25) is 0 Å². The summed E-state index contributed by atoms with van der Waals surface area (Å²) >= 11 is 0. The van der Waals surface area contributed by atoms with Crippen LogP contribution >= 0.6 is 0 Å². The van der Waals surface area contributed by atoms with Crippen LogP contribution in [0.15, 0.2) is 30.5 Å². The molecule has 1 heterocycles. The lowest BCUT2D eigenvalue weighted by Crippen LogP contribution is -2.06. The van der Waals surface area contributed by atoms with Crippen LogP contribution in [0.25, 0.3) is 11.1 Å². The number of hydrogen-bond acceptors (Lipinski definition) is 3. The van der Waals surface area contributed by atoms with Crippen molar-refractivity contribution in [2.45, 2.75) is 6.92 Å². The normalized spacial score (nSPS) is 10.2. The first kappa shape index (κ1) is 11.2. The molecule has 0 spiro atoms. The van der Waals surface area contributed by atoms with E-state index < -0.39 is 11.8 Å². The fourth-order valence-electron chi connectivity index (χ4n) is 1.50. The molecular weight excluding hydrogens is 223 g/mol. The van der Waals surface area contributed by atoms with Gasteiger partial charge >= 0.3 is 5.97 Å². The predicted molar refractivity (Wildman–Crippen MR) is 59.1 cm³/mol. The summed E-state index contributed by atoms with van der Waals surface area (Å²) in [6.45, 7) is 1.60. The Hall–Kier alpha value is -2.30. The van der Waals surface area contributed by atoms with Crippen molar-refractivity contribution in [2.75, 3.05) is 0 Å². The molecule has 2 aromatic rings. The molecule has 4 nitrogen and oxygen atoms in total. The molecule has 1 aromatic carbocycles. The van der Waals surface area contributed by atoms with Crippen molar-refractivity contribution in [2.24, 2.45) is 0 Å². The second-order valence-corrected chi connectivity index (χ2v) is 3.49. The summed E-state index contributed by atoms with van der Waals surface area (Å²) in [7, 11) is 0. The fraction of sp³-hybridized carbons (Fsp3) is 0.0833. The smallest absolute Gasteiger partial charge is 0.355 e. The van der Waals surface area contributed by atoms with E-state index in [4.69, 9.17) is 5.11 Å². The number of hydrogen-bond donors (Lipinski definition) is 1. The lowest BCUT2D eigenvalue weighted by Gasteiger charge is -2.05. The Labute approximate surface area is 96.8 Å². The Bertz CT molecular complexity index is 584. The highest BCUT2D eigenvalue weighted by atomic mass is 19.1. The lowest BCUT2D eigenvalue weighted by molar-refractivity contribution is 0.0691. The molecule has 2 rings (SSSR count). The van der Waals surface area contributed by atoms with Crippen molar-refractivity contribution in [3.8, 4) is 11.1 Å². The monoisotopic (exact) mass is 232 g/mol. The van der Waals surface area contributed by atoms with Gasteiger partial charge in [-0.2, -0.15) is 0 Å². The standard InChI is InChI=1S/C12H9FN2O2/c1-7-14-6-10(11(15-7)12(16)17)8-3-2-4-9(13)5-8/h2-6H,1H3,(H,16,17). The quantitative estimate of drug-likeness (QED) is 0.862. The number of aromatic carboxylic acids is 1. The molecule has 0 amide bonds. The minimum atomic E-state index is -1.16. The number of rotatable bonds is 2. The summed E-state index contributed by atoms with van der Waals surface area (Å²) in [5.41, 5.74) is 0.633. The number of nitrogens with zero attached hydrogens (tertiary/aromatic N) is 2. The van der Waals surface area contributed by atoms with Gasteiger partial charge < -0.3 is 5.11 Å². The molecule has 1 N–H and O–H groups in total. The van der Waals surface area contributed by atoms with Crippen molar-refractivity contribution in [3.05, 3.63) is 47.8 Å². The summed E-state index contributed by atoms with van der Waals surface area (Å²) in [5, 5.41) is 9.04. The third kappa shape index (κ3) is 2.28. The van der Waals surface area contributed by atoms with Gasteiger partial charge in [0, 0.05) is 11.8 Å². The van der Waals surface area contributed by atoms with E-state index in [0.717, 1.165) is 0 Å². The average Bonchev–Trinajstić information content (AvgIpc) is 2.28. The number of aromatic nitrogens is 2. The highest BCUT2D eigenvalue weighted by Crippen LogP contribution is 2.22. The number of halogens is 1. The summed E-state index contributed by atoms with van der Waals surface area (Å²) in [4.78, 5) is 18.8. The van der Waals surface area contributed by atoms with Crippen molar-refractivity contribution < 1.29 is 14.3 Å². The second kappa shape index (κ2) is 4.29. The van der Waals surface area contributed by atoms with Crippen LogP contribution < -0.4 is 0 Å². The maximum Gasteiger partial charge on any atom is 0.355 e. The molecule has 1 aromatic heterocycles. The van der Waals surface area contributed by atoms with E-state index in [0.29, 0.717) is 17.0 Å². The molecule has 0 unspecified atom stereocenters. The van der Waals surface area contributed by atoms with Gasteiger partial charge in [0.05, 0.1) is 0 Å². The predicted octanol–water partition coefficient (Wildman–Crippen LogP) is 2.29. The van der Waals surface area contributed by atoms with Gasteiger partial charge in [-0.25, -0.2) is 19.2 Å². The Balaban J connectivity index is 2.63. The molecule has 0 radical (unpaired) electrons. The maximum absolute atomic E-state index is 13.1. The zero-order valence-electron chi connectivity index (χ0n) is 9.01. The number of carboxylic acids is 1. The van der Waals surface area contributed by atoms with Crippen molar-refractivity contribution >= 4 is 5.97 Å². The SMILES string of the molecule is Cc1ncc(-c2cccc(F)c2)c(C(=O)O)n1. The fourth-order valence-corrected chi connectivity index (χ4v) is 1.50. The van der Waals surface area contributed by atoms with Gasteiger partial charge in [0.2, 0.25) is 0 Å².